The van der Waals surface area contributed by atoms with Crippen molar-refractivity contribution in [2.75, 3.05) is 13.1 Å². The van der Waals surface area contributed by atoms with E-state index in [0.29, 0.717) is 24.3 Å². The average Bonchev–Trinajstić information content (AvgIpc) is 3.14. The minimum atomic E-state index is -0.561. The van der Waals surface area contributed by atoms with Gasteiger partial charge >= 0.3 is 0 Å². The van der Waals surface area contributed by atoms with Crippen molar-refractivity contribution in [1.82, 2.24) is 4.90 Å². The zero-order chi connectivity index (χ0) is 18.2. The number of aliphatic hydroxyl groups is 2. The van der Waals surface area contributed by atoms with E-state index in [1.165, 1.54) is 0 Å². The molecule has 2 spiro atoms. The Bertz CT molecular complexity index is 735. The number of fused-ring (bicyclic) bond motifs is 1. The average molecular weight is 357 g/mol. The number of nitrogens with zero attached hydrogens (tertiary/aromatic N) is 1. The van der Waals surface area contributed by atoms with Crippen LogP contribution in [0, 0.1) is 39.9 Å². The maximum Gasteiger partial charge on any atom is 0.140 e. The van der Waals surface area contributed by atoms with Gasteiger partial charge in [0.15, 0.2) is 0 Å². The SMILES string of the molecule is C=C1[C@H]2C[C@@]3([C@@H]1O)[C@H]1C[C@H]4[C@@]5(C)CC[C@H](O)[C@@]4([C@@H]1N(CC)C5)[C@H]3CC2=O. The summed E-state index contributed by atoms with van der Waals surface area (Å²) < 4.78 is 0. The van der Waals surface area contributed by atoms with Crippen LogP contribution in [0.4, 0.5) is 0 Å². The molecule has 5 aliphatic carbocycles. The first-order valence-corrected chi connectivity index (χ1v) is 10.6. The van der Waals surface area contributed by atoms with Gasteiger partial charge < -0.3 is 10.2 Å². The van der Waals surface area contributed by atoms with E-state index in [1.54, 1.807) is 0 Å². The zero-order valence-corrected chi connectivity index (χ0v) is 15.9. The Balaban J connectivity index is 1.62. The molecular weight excluding hydrogens is 326 g/mol. The van der Waals surface area contributed by atoms with Crippen LogP contribution >= 0.6 is 0 Å². The number of Topliss-reactive ketones (excluding diaryl/α,β-unsaturated/α-hetero) is 1. The van der Waals surface area contributed by atoms with E-state index in [0.717, 1.165) is 44.3 Å². The van der Waals surface area contributed by atoms with Crippen molar-refractivity contribution in [2.45, 2.75) is 64.2 Å². The van der Waals surface area contributed by atoms with E-state index in [1.807, 2.05) is 0 Å². The Labute approximate surface area is 155 Å². The van der Waals surface area contributed by atoms with E-state index in [4.69, 9.17) is 0 Å². The summed E-state index contributed by atoms with van der Waals surface area (Å²) in [6.45, 7) is 10.9. The molecule has 0 aromatic carbocycles. The normalized spacial score (nSPS) is 62.7. The first-order valence-electron chi connectivity index (χ1n) is 10.6. The quantitative estimate of drug-likeness (QED) is 0.705. The van der Waals surface area contributed by atoms with E-state index < -0.39 is 6.10 Å². The topological polar surface area (TPSA) is 60.8 Å². The molecule has 5 saturated carbocycles. The molecule has 26 heavy (non-hydrogen) atoms. The predicted molar refractivity (Wildman–Crippen MR) is 97.2 cm³/mol. The Morgan fingerprint density at radius 2 is 2.08 bits per heavy atom. The first kappa shape index (κ1) is 16.3. The van der Waals surface area contributed by atoms with E-state index in [2.05, 4.69) is 25.3 Å². The molecule has 6 aliphatic rings. The van der Waals surface area contributed by atoms with Crippen LogP contribution in [0.15, 0.2) is 12.2 Å². The molecular formula is C22H31NO3. The van der Waals surface area contributed by atoms with Crippen molar-refractivity contribution in [3.05, 3.63) is 12.2 Å². The van der Waals surface area contributed by atoms with Gasteiger partial charge in [0, 0.05) is 35.8 Å². The van der Waals surface area contributed by atoms with Crippen LogP contribution in [0.25, 0.3) is 0 Å². The molecule has 0 amide bonds. The lowest BCUT2D eigenvalue weighted by Crippen LogP contribution is -2.68. The molecule has 1 heterocycles. The van der Waals surface area contributed by atoms with Crippen LogP contribution in [0.3, 0.4) is 0 Å². The number of likely N-dealkylation sites (tertiary alicyclic amines) is 1. The molecule has 4 heteroatoms. The molecule has 0 aromatic heterocycles. The van der Waals surface area contributed by atoms with Crippen molar-refractivity contribution in [2.24, 2.45) is 39.9 Å². The number of carbonyl (C=O) groups excluding carboxylic acids is 1. The van der Waals surface area contributed by atoms with Crippen molar-refractivity contribution in [3.63, 3.8) is 0 Å². The third-order valence-corrected chi connectivity index (χ3v) is 10.4. The van der Waals surface area contributed by atoms with Gasteiger partial charge in [-0.3, -0.25) is 9.69 Å². The lowest BCUT2D eigenvalue weighted by atomic mass is 9.43. The summed E-state index contributed by atoms with van der Waals surface area (Å²) in [5.41, 5.74) is 0.598. The van der Waals surface area contributed by atoms with Gasteiger partial charge in [-0.15, -0.1) is 0 Å². The maximum absolute atomic E-state index is 13.0. The summed E-state index contributed by atoms with van der Waals surface area (Å²) in [5.74, 6) is 1.16. The third kappa shape index (κ3) is 1.33. The first-order chi connectivity index (χ1) is 12.3. The minimum Gasteiger partial charge on any atom is -0.392 e. The number of hydrogen-bond acceptors (Lipinski definition) is 4. The summed E-state index contributed by atoms with van der Waals surface area (Å²) in [4.78, 5) is 15.6. The van der Waals surface area contributed by atoms with Crippen LogP contribution < -0.4 is 0 Å². The largest absolute Gasteiger partial charge is 0.392 e. The van der Waals surface area contributed by atoms with Crippen LogP contribution in [0.2, 0.25) is 0 Å². The van der Waals surface area contributed by atoms with E-state index in [-0.39, 0.29) is 40.0 Å². The van der Waals surface area contributed by atoms with Gasteiger partial charge in [0.1, 0.15) is 5.78 Å². The van der Waals surface area contributed by atoms with Gasteiger partial charge in [0.25, 0.3) is 0 Å². The Morgan fingerprint density at radius 3 is 2.81 bits per heavy atom. The van der Waals surface area contributed by atoms with Crippen molar-refractivity contribution < 1.29 is 15.0 Å². The van der Waals surface area contributed by atoms with Crippen LogP contribution in [-0.2, 0) is 4.79 Å². The fourth-order valence-corrected chi connectivity index (χ4v) is 9.75. The second kappa shape index (κ2) is 4.47. The Morgan fingerprint density at radius 1 is 1.31 bits per heavy atom. The second-order valence-corrected chi connectivity index (χ2v) is 10.7. The summed E-state index contributed by atoms with van der Waals surface area (Å²) in [7, 11) is 0. The standard InChI is InChI=1S/C22H31NO3/c1-4-23-10-20(3)6-5-17(25)22-15(20)7-13(18(22)23)21-9-12(11(2)19(21)26)14(24)8-16(21)22/h12-13,15-19,25-26H,2,4-10H2,1,3H3/t12-,13+,15+,16+,17+,18-,19-,20+,21-,22+/m1/s1. The lowest BCUT2D eigenvalue weighted by molar-refractivity contribution is -0.211. The highest BCUT2D eigenvalue weighted by Crippen LogP contribution is 2.83. The van der Waals surface area contributed by atoms with Crippen molar-refractivity contribution in [3.8, 4) is 0 Å². The van der Waals surface area contributed by atoms with E-state index in [9.17, 15) is 15.0 Å². The van der Waals surface area contributed by atoms with Crippen LogP contribution in [0.1, 0.15) is 46.0 Å². The maximum atomic E-state index is 13.0. The second-order valence-electron chi connectivity index (χ2n) is 10.7. The van der Waals surface area contributed by atoms with Crippen molar-refractivity contribution >= 4 is 5.78 Å². The van der Waals surface area contributed by atoms with Gasteiger partial charge in [0.05, 0.1) is 12.2 Å². The fourth-order valence-electron chi connectivity index (χ4n) is 9.75. The highest BCUT2D eigenvalue weighted by molar-refractivity contribution is 5.87. The number of hydrogen-bond donors (Lipinski definition) is 2. The summed E-state index contributed by atoms with van der Waals surface area (Å²) >= 11 is 0. The molecule has 6 fully saturated rings. The molecule has 2 N–H and O–H groups in total. The molecule has 0 aromatic rings. The molecule has 1 aliphatic heterocycles. The van der Waals surface area contributed by atoms with Gasteiger partial charge in [-0.25, -0.2) is 0 Å². The number of carbonyl (C=O) groups is 1. The zero-order valence-electron chi connectivity index (χ0n) is 15.9. The van der Waals surface area contributed by atoms with Gasteiger partial charge in [-0.2, -0.15) is 0 Å². The summed E-state index contributed by atoms with van der Waals surface area (Å²) in [5, 5.41) is 22.8. The van der Waals surface area contributed by atoms with Crippen LogP contribution in [-0.4, -0.2) is 52.2 Å². The molecule has 4 nitrogen and oxygen atoms in total. The Kier molecular flexibility index (Phi) is 2.80. The van der Waals surface area contributed by atoms with Gasteiger partial charge in [-0.05, 0) is 61.0 Å². The van der Waals surface area contributed by atoms with Gasteiger partial charge in [-0.1, -0.05) is 20.4 Å². The third-order valence-electron chi connectivity index (χ3n) is 10.4. The summed E-state index contributed by atoms with van der Waals surface area (Å²) in [6, 6.07) is 0.331. The minimum absolute atomic E-state index is 0.130. The highest BCUT2D eigenvalue weighted by Gasteiger charge is 2.85. The van der Waals surface area contributed by atoms with E-state index >= 15 is 0 Å². The number of ketones is 1. The molecule has 0 unspecified atom stereocenters. The number of aliphatic hydroxyl groups excluding tert-OH is 2. The molecule has 6 rings (SSSR count). The fraction of sp³-hybridized carbons (Fsp3) is 0.864. The van der Waals surface area contributed by atoms with Crippen LogP contribution in [0.5, 0.6) is 0 Å². The summed E-state index contributed by atoms with van der Waals surface area (Å²) in [6.07, 6.45) is 3.50. The van der Waals surface area contributed by atoms with Crippen molar-refractivity contribution in [1.29, 1.82) is 0 Å². The molecule has 1 saturated heterocycles. The molecule has 7 bridgehead atoms. The predicted octanol–water partition coefficient (Wildman–Crippen LogP) is 2.00. The highest BCUT2D eigenvalue weighted by atomic mass is 16.3. The molecule has 10 atom stereocenters. The monoisotopic (exact) mass is 357 g/mol. The number of rotatable bonds is 1. The smallest absolute Gasteiger partial charge is 0.140 e. The molecule has 0 radical (unpaired) electrons. The lowest BCUT2D eigenvalue weighted by Gasteiger charge is -2.65. The molecule has 142 valence electrons. The number of piperidine rings is 1. The Hall–Kier alpha value is -0.710. The van der Waals surface area contributed by atoms with Gasteiger partial charge in [0.2, 0.25) is 0 Å².